The van der Waals surface area contributed by atoms with Gasteiger partial charge in [-0.15, -0.1) is 0 Å². The van der Waals surface area contributed by atoms with Crippen molar-refractivity contribution in [2.24, 2.45) is 46.8 Å². The van der Waals surface area contributed by atoms with E-state index in [9.17, 15) is 14.7 Å². The zero-order valence-electron chi connectivity index (χ0n) is 17.4. The van der Waals surface area contributed by atoms with E-state index in [0.717, 1.165) is 48.9 Å². The predicted octanol–water partition coefficient (Wildman–Crippen LogP) is 5.64. The molecule has 6 unspecified atom stereocenters. The summed E-state index contributed by atoms with van der Waals surface area (Å²) in [5.41, 5.74) is 1.91. The van der Waals surface area contributed by atoms with Gasteiger partial charge in [0.1, 0.15) is 0 Å². The first-order valence-corrected chi connectivity index (χ1v) is 12.0. The van der Waals surface area contributed by atoms with Gasteiger partial charge in [-0.2, -0.15) is 0 Å². The van der Waals surface area contributed by atoms with Gasteiger partial charge in [-0.25, -0.2) is 0 Å². The minimum absolute atomic E-state index is 0.344. The molecular weight excluding hydrogens is 348 g/mol. The number of fused-ring (bicyclic) bond motifs is 5. The lowest BCUT2D eigenvalue weighted by Gasteiger charge is -2.58. The zero-order valence-corrected chi connectivity index (χ0v) is 17.4. The van der Waals surface area contributed by atoms with Crippen molar-refractivity contribution < 1.29 is 14.7 Å². The minimum Gasteiger partial charge on any atom is -0.481 e. The van der Waals surface area contributed by atoms with E-state index in [1.54, 1.807) is 0 Å². The van der Waals surface area contributed by atoms with Crippen LogP contribution in [0.2, 0.25) is 0 Å². The van der Waals surface area contributed by atoms with Crippen molar-refractivity contribution >= 4 is 11.8 Å². The van der Waals surface area contributed by atoms with Gasteiger partial charge >= 0.3 is 5.97 Å². The highest BCUT2D eigenvalue weighted by atomic mass is 16.4. The molecule has 0 aromatic rings. The molecule has 0 aromatic heterocycles. The van der Waals surface area contributed by atoms with Crippen molar-refractivity contribution in [2.45, 2.75) is 84.0 Å². The molecule has 5 rings (SSSR count). The maximum Gasteiger partial charge on any atom is 0.303 e. The maximum atomic E-state index is 12.1. The summed E-state index contributed by atoms with van der Waals surface area (Å²) < 4.78 is 0. The van der Waals surface area contributed by atoms with Crippen LogP contribution >= 0.6 is 0 Å². The summed E-state index contributed by atoms with van der Waals surface area (Å²) in [4.78, 5) is 23.3. The lowest BCUT2D eigenvalue weighted by molar-refractivity contribution is -0.138. The highest BCUT2D eigenvalue weighted by molar-refractivity contribution is 5.91. The number of hydrogen-bond donors (Lipinski definition) is 1. The van der Waals surface area contributed by atoms with Gasteiger partial charge in [-0.1, -0.05) is 12.5 Å². The van der Waals surface area contributed by atoms with E-state index in [1.807, 2.05) is 6.08 Å². The van der Waals surface area contributed by atoms with Gasteiger partial charge < -0.3 is 5.11 Å². The van der Waals surface area contributed by atoms with Crippen molar-refractivity contribution in [3.8, 4) is 0 Å². The van der Waals surface area contributed by atoms with E-state index in [0.29, 0.717) is 29.5 Å². The summed E-state index contributed by atoms with van der Waals surface area (Å²) in [7, 11) is 0. The fraction of sp³-hybridized carbons (Fsp3) is 0.840. The summed E-state index contributed by atoms with van der Waals surface area (Å²) >= 11 is 0. The van der Waals surface area contributed by atoms with Crippen molar-refractivity contribution in [1.29, 1.82) is 0 Å². The molecule has 0 spiro atoms. The molecule has 0 heterocycles. The van der Waals surface area contributed by atoms with Crippen LogP contribution in [0.25, 0.3) is 0 Å². The number of allylic oxidation sites excluding steroid dienone is 1. The molecule has 154 valence electrons. The van der Waals surface area contributed by atoms with Crippen molar-refractivity contribution in [2.75, 3.05) is 0 Å². The van der Waals surface area contributed by atoms with Gasteiger partial charge in [0.2, 0.25) is 0 Å². The van der Waals surface area contributed by atoms with E-state index in [-0.39, 0.29) is 0 Å². The fourth-order valence-corrected chi connectivity index (χ4v) is 8.67. The van der Waals surface area contributed by atoms with Crippen LogP contribution in [-0.2, 0) is 9.59 Å². The van der Waals surface area contributed by atoms with Gasteiger partial charge in [0.25, 0.3) is 0 Å². The van der Waals surface area contributed by atoms with Crippen molar-refractivity contribution in [3.63, 3.8) is 0 Å². The third-order valence-corrected chi connectivity index (χ3v) is 9.88. The van der Waals surface area contributed by atoms with Gasteiger partial charge in [0.05, 0.1) is 0 Å². The molecule has 28 heavy (non-hydrogen) atoms. The van der Waals surface area contributed by atoms with Crippen molar-refractivity contribution in [3.05, 3.63) is 11.6 Å². The van der Waals surface area contributed by atoms with Gasteiger partial charge in [0.15, 0.2) is 5.78 Å². The number of ketones is 1. The van der Waals surface area contributed by atoms with Crippen LogP contribution < -0.4 is 0 Å². The molecule has 1 N–H and O–H groups in total. The van der Waals surface area contributed by atoms with Gasteiger partial charge in [-0.05, 0) is 117 Å². The third-order valence-electron chi connectivity index (χ3n) is 9.88. The largest absolute Gasteiger partial charge is 0.481 e. The van der Waals surface area contributed by atoms with Crippen molar-refractivity contribution in [1.82, 2.24) is 0 Å². The molecule has 0 saturated heterocycles. The number of aliphatic carboxylic acids is 1. The smallest absolute Gasteiger partial charge is 0.303 e. The van der Waals surface area contributed by atoms with Gasteiger partial charge in [0, 0.05) is 12.8 Å². The Kier molecular flexibility index (Phi) is 4.71. The average Bonchev–Trinajstić information content (AvgIpc) is 3.46. The number of carboxylic acid groups (broad SMARTS) is 1. The Morgan fingerprint density at radius 1 is 1.14 bits per heavy atom. The van der Waals surface area contributed by atoms with Crippen LogP contribution in [-0.4, -0.2) is 16.9 Å². The Morgan fingerprint density at radius 2 is 1.96 bits per heavy atom. The molecule has 0 bridgehead atoms. The molecule has 3 heteroatoms. The summed E-state index contributed by atoms with van der Waals surface area (Å²) in [6.07, 6.45) is 15.5. The Morgan fingerprint density at radius 3 is 2.68 bits per heavy atom. The molecule has 5 aliphatic carbocycles. The standard InChI is InChI=1S/C25H36O3/c1-2-25-12-11-20-19-8-7-18(26)13-16(19)14-21(15-3-4-15)24(20)22(25)9-5-17(25)6-10-23(27)28/h13,15,17,19-22,24H,2-12,14H2,1H3,(H,27,28)/t17-,19?,20?,21?,22?,24?,25?/m0/s1. The molecule has 7 atom stereocenters. The van der Waals surface area contributed by atoms with E-state index < -0.39 is 5.97 Å². The van der Waals surface area contributed by atoms with E-state index in [1.165, 1.54) is 56.9 Å². The highest BCUT2D eigenvalue weighted by Gasteiger charge is 2.60. The molecule has 4 fully saturated rings. The van der Waals surface area contributed by atoms with Crippen LogP contribution in [0.1, 0.15) is 84.0 Å². The van der Waals surface area contributed by atoms with Crippen LogP contribution in [0.3, 0.4) is 0 Å². The van der Waals surface area contributed by atoms with Crippen LogP contribution in [0, 0.1) is 46.8 Å². The first-order chi connectivity index (χ1) is 13.5. The normalized spacial score (nSPS) is 45.0. The second-order valence-corrected chi connectivity index (χ2v) is 10.7. The van der Waals surface area contributed by atoms with E-state index in [4.69, 9.17) is 0 Å². The summed E-state index contributed by atoms with van der Waals surface area (Å²) in [6, 6.07) is 0. The summed E-state index contributed by atoms with van der Waals surface area (Å²) in [5, 5.41) is 9.25. The number of carbonyl (C=O) groups excluding carboxylic acids is 1. The zero-order chi connectivity index (χ0) is 19.5. The molecular formula is C25H36O3. The Labute approximate surface area is 169 Å². The number of rotatable bonds is 5. The number of carboxylic acids is 1. The predicted molar refractivity (Wildman–Crippen MR) is 109 cm³/mol. The van der Waals surface area contributed by atoms with Crippen LogP contribution in [0.4, 0.5) is 0 Å². The monoisotopic (exact) mass is 384 g/mol. The van der Waals surface area contributed by atoms with Gasteiger partial charge in [-0.3, -0.25) is 9.59 Å². The second-order valence-electron chi connectivity index (χ2n) is 10.7. The summed E-state index contributed by atoms with van der Waals surface area (Å²) in [6.45, 7) is 2.38. The van der Waals surface area contributed by atoms with Crippen LogP contribution in [0.15, 0.2) is 11.6 Å². The fourth-order valence-electron chi connectivity index (χ4n) is 8.67. The third kappa shape index (κ3) is 2.91. The second kappa shape index (κ2) is 6.99. The first kappa shape index (κ1) is 18.9. The Balaban J connectivity index is 1.46. The molecule has 0 radical (unpaired) electrons. The number of hydrogen-bond acceptors (Lipinski definition) is 2. The first-order valence-electron chi connectivity index (χ1n) is 12.0. The Hall–Kier alpha value is -1.12. The van der Waals surface area contributed by atoms with Crippen LogP contribution in [0.5, 0.6) is 0 Å². The molecule has 0 amide bonds. The molecule has 0 aliphatic heterocycles. The van der Waals surface area contributed by atoms with E-state index in [2.05, 4.69) is 6.92 Å². The quantitative estimate of drug-likeness (QED) is 0.668. The highest BCUT2D eigenvalue weighted by Crippen LogP contribution is 2.68. The lowest BCUT2D eigenvalue weighted by Crippen LogP contribution is -2.51. The SMILES string of the molecule is CCC12CCC3C4CCC(=O)C=C4CC(C4CC4)C3C1CC[C@H]2CCC(=O)O. The average molecular weight is 385 g/mol. The molecule has 4 saturated carbocycles. The Bertz CT molecular complexity index is 690. The molecule has 0 aromatic carbocycles. The summed E-state index contributed by atoms with van der Waals surface area (Å²) in [5.74, 6) is 5.17. The van der Waals surface area contributed by atoms with E-state index >= 15 is 0 Å². The molecule has 5 aliphatic rings. The maximum absolute atomic E-state index is 12.1. The topological polar surface area (TPSA) is 54.4 Å². The number of carbonyl (C=O) groups is 2. The lowest BCUT2D eigenvalue weighted by atomic mass is 9.47. The minimum atomic E-state index is -0.626. The molecule has 3 nitrogen and oxygen atoms in total.